The lowest BCUT2D eigenvalue weighted by Gasteiger charge is -2.16. The molecule has 2 fully saturated rings. The summed E-state index contributed by atoms with van der Waals surface area (Å²) in [6.45, 7) is 2.05. The van der Waals surface area contributed by atoms with Crippen molar-refractivity contribution in [3.8, 4) is 0 Å². The number of nitrogens with one attached hydrogen (secondary N) is 3. The van der Waals surface area contributed by atoms with Crippen molar-refractivity contribution >= 4 is 35.9 Å². The second kappa shape index (κ2) is 7.50. The summed E-state index contributed by atoms with van der Waals surface area (Å²) in [4.78, 5) is 16.5. The maximum absolute atomic E-state index is 12.1. The van der Waals surface area contributed by atoms with Crippen LogP contribution in [0.25, 0.3) is 5.52 Å². The molecule has 0 bridgehead atoms. The Morgan fingerprint density at radius 3 is 3.07 bits per heavy atom. The summed E-state index contributed by atoms with van der Waals surface area (Å²) < 4.78 is 7.40. The molecule has 2 aliphatic rings. The molecule has 9 nitrogen and oxygen atoms in total. The molecule has 10 heteroatoms. The van der Waals surface area contributed by atoms with Gasteiger partial charge in [0.1, 0.15) is 11.6 Å². The summed E-state index contributed by atoms with van der Waals surface area (Å²) in [5.41, 5.74) is 2.73. The summed E-state index contributed by atoms with van der Waals surface area (Å²) in [7, 11) is 0. The van der Waals surface area contributed by atoms with E-state index in [-0.39, 0.29) is 23.7 Å². The Balaban J connectivity index is 1.22. The summed E-state index contributed by atoms with van der Waals surface area (Å²) >= 11 is 4.29. The van der Waals surface area contributed by atoms with Gasteiger partial charge in [-0.15, -0.1) is 0 Å². The smallest absolute Gasteiger partial charge is 0.407 e. The molecule has 0 unspecified atom stereocenters. The Hall–Kier alpha value is -2.75. The molecule has 158 valence electrons. The summed E-state index contributed by atoms with van der Waals surface area (Å²) in [5, 5.41) is 18.2. The van der Waals surface area contributed by atoms with Gasteiger partial charge in [0, 0.05) is 41.4 Å². The Morgan fingerprint density at radius 2 is 2.27 bits per heavy atom. The van der Waals surface area contributed by atoms with E-state index in [1.807, 2.05) is 25.3 Å². The van der Waals surface area contributed by atoms with Gasteiger partial charge in [0.15, 0.2) is 11.6 Å². The summed E-state index contributed by atoms with van der Waals surface area (Å²) in [5.74, 6) is 2.24. The second-order valence-electron chi connectivity index (χ2n) is 8.46. The summed E-state index contributed by atoms with van der Waals surface area (Å²) in [6, 6.07) is 3.96. The number of nitrogens with zero attached hydrogens (tertiary/aromatic N) is 4. The van der Waals surface area contributed by atoms with E-state index >= 15 is 0 Å². The highest BCUT2D eigenvalue weighted by atomic mass is 32.1. The predicted molar refractivity (Wildman–Crippen MR) is 115 cm³/mol. The lowest BCUT2D eigenvalue weighted by Crippen LogP contribution is -2.36. The fourth-order valence-electron chi connectivity index (χ4n) is 3.95. The molecular formula is C20H25N7O2S. The first-order chi connectivity index (χ1) is 14.5. The molecule has 5 rings (SSSR count). The molecule has 0 aliphatic heterocycles. The van der Waals surface area contributed by atoms with E-state index in [1.165, 1.54) is 0 Å². The zero-order valence-electron chi connectivity index (χ0n) is 16.8. The van der Waals surface area contributed by atoms with Crippen molar-refractivity contribution in [2.45, 2.75) is 62.3 Å². The third-order valence-corrected chi connectivity index (χ3v) is 6.27. The van der Waals surface area contributed by atoms with Gasteiger partial charge in [-0.05, 0) is 45.1 Å². The minimum Gasteiger partial charge on any atom is -0.446 e. The maximum atomic E-state index is 12.1. The molecule has 3 heterocycles. The van der Waals surface area contributed by atoms with E-state index in [0.717, 1.165) is 49.0 Å². The third-order valence-electron chi connectivity index (χ3n) is 5.95. The molecule has 1 amide bonds. The number of carbonyl (C=O) groups excluding carboxylic acids is 1. The van der Waals surface area contributed by atoms with Crippen LogP contribution in [0.5, 0.6) is 0 Å². The first-order valence-electron chi connectivity index (χ1n) is 10.3. The van der Waals surface area contributed by atoms with Crippen LogP contribution < -0.4 is 10.6 Å². The molecule has 0 aromatic carbocycles. The number of H-pyrrole nitrogens is 1. The Kier molecular flexibility index (Phi) is 4.80. The third kappa shape index (κ3) is 3.96. The minimum absolute atomic E-state index is 0.0565. The topological polar surface area (TPSA) is 109 Å². The van der Waals surface area contributed by atoms with Gasteiger partial charge in [-0.3, -0.25) is 5.10 Å². The minimum atomic E-state index is -0.298. The van der Waals surface area contributed by atoms with E-state index in [1.54, 1.807) is 10.7 Å². The number of carbonyl (C=O) groups is 1. The molecule has 2 atom stereocenters. The second-order valence-corrected chi connectivity index (χ2v) is 8.77. The number of alkyl carbamates (subject to hydrolysis) is 1. The highest BCUT2D eigenvalue weighted by Gasteiger charge is 2.40. The normalized spacial score (nSPS) is 22.2. The lowest BCUT2D eigenvalue weighted by atomic mass is 10.0. The number of hydrogen-bond donors (Lipinski definition) is 4. The number of anilines is 2. The van der Waals surface area contributed by atoms with Crippen molar-refractivity contribution in [2.24, 2.45) is 0 Å². The van der Waals surface area contributed by atoms with Crippen LogP contribution in [0.4, 0.5) is 16.4 Å². The molecule has 3 N–H and O–H groups in total. The number of thiol groups is 1. The van der Waals surface area contributed by atoms with Crippen molar-refractivity contribution in [3.63, 3.8) is 0 Å². The molecule has 30 heavy (non-hydrogen) atoms. The lowest BCUT2D eigenvalue weighted by molar-refractivity contribution is 0.0967. The van der Waals surface area contributed by atoms with Gasteiger partial charge in [0.2, 0.25) is 0 Å². The van der Waals surface area contributed by atoms with Crippen molar-refractivity contribution < 1.29 is 9.53 Å². The van der Waals surface area contributed by atoms with E-state index in [0.29, 0.717) is 17.4 Å². The number of amides is 1. The number of ether oxygens (including phenoxy) is 1. The fourth-order valence-corrected chi connectivity index (χ4v) is 4.10. The molecule has 3 aromatic heterocycles. The van der Waals surface area contributed by atoms with Gasteiger partial charge in [0.25, 0.3) is 0 Å². The first-order valence-corrected chi connectivity index (χ1v) is 10.9. The number of aromatic nitrogens is 5. The van der Waals surface area contributed by atoms with Gasteiger partial charge in [-0.25, -0.2) is 14.3 Å². The van der Waals surface area contributed by atoms with Crippen LogP contribution in [0.2, 0.25) is 0 Å². The first kappa shape index (κ1) is 19.2. The zero-order chi connectivity index (χ0) is 20.7. The fraction of sp³-hybridized carbons (Fsp3) is 0.500. The Bertz CT molecular complexity index is 1070. The zero-order valence-corrected chi connectivity index (χ0v) is 17.7. The SMILES string of the molecule is CC1(NC(=O)O[C@@H]2CC[C@H](c3cc(Nc4nccn5nc(CS)cc45)n[nH]3)C2)CC1. The summed E-state index contributed by atoms with van der Waals surface area (Å²) in [6.07, 6.45) is 7.82. The van der Waals surface area contributed by atoms with Crippen LogP contribution in [0, 0.1) is 0 Å². The van der Waals surface area contributed by atoms with Gasteiger partial charge >= 0.3 is 6.09 Å². The highest BCUT2D eigenvalue weighted by molar-refractivity contribution is 7.79. The standard InChI is InChI=1S/C20H25N7O2S/c1-20(4-5-20)23-19(28)29-14-3-2-12(8-14)15-10-17(25-24-15)22-18-16-9-13(11-30)26-27(16)7-6-21-18/h6-7,9-10,12,14,30H,2-5,8,11H2,1H3,(H,23,28)(H2,21,22,24,25)/t12-,14+/m0/s1. The van der Waals surface area contributed by atoms with Crippen molar-refractivity contribution in [3.05, 3.63) is 35.9 Å². The maximum Gasteiger partial charge on any atom is 0.407 e. The average molecular weight is 428 g/mol. The molecule has 0 saturated heterocycles. The monoisotopic (exact) mass is 427 g/mol. The van der Waals surface area contributed by atoms with Crippen LogP contribution >= 0.6 is 12.6 Å². The van der Waals surface area contributed by atoms with Crippen LogP contribution in [-0.4, -0.2) is 42.5 Å². The Labute approximate surface area is 179 Å². The van der Waals surface area contributed by atoms with Gasteiger partial charge in [-0.2, -0.15) is 22.8 Å². The van der Waals surface area contributed by atoms with Crippen LogP contribution in [0.15, 0.2) is 24.5 Å². The molecule has 0 spiro atoms. The predicted octanol–water partition coefficient (Wildman–Crippen LogP) is 3.54. The quantitative estimate of drug-likeness (QED) is 0.448. The number of aromatic amines is 1. The molecule has 3 aromatic rings. The van der Waals surface area contributed by atoms with Gasteiger partial charge < -0.3 is 15.4 Å². The average Bonchev–Trinajstić information content (AvgIpc) is 3.17. The largest absolute Gasteiger partial charge is 0.446 e. The molecule has 2 aliphatic carbocycles. The molecule has 2 saturated carbocycles. The van der Waals surface area contributed by atoms with Crippen LogP contribution in [0.3, 0.4) is 0 Å². The van der Waals surface area contributed by atoms with Crippen LogP contribution in [0.1, 0.15) is 56.3 Å². The molecular weight excluding hydrogens is 402 g/mol. The van der Waals surface area contributed by atoms with Gasteiger partial charge in [0.05, 0.1) is 5.69 Å². The van der Waals surface area contributed by atoms with E-state index in [4.69, 9.17) is 4.74 Å². The Morgan fingerprint density at radius 1 is 1.40 bits per heavy atom. The number of fused-ring (bicyclic) bond motifs is 1. The van der Waals surface area contributed by atoms with E-state index in [2.05, 4.69) is 43.5 Å². The van der Waals surface area contributed by atoms with Gasteiger partial charge in [-0.1, -0.05) is 0 Å². The van der Waals surface area contributed by atoms with E-state index in [9.17, 15) is 4.79 Å². The number of hydrogen-bond acceptors (Lipinski definition) is 7. The van der Waals surface area contributed by atoms with Crippen LogP contribution in [-0.2, 0) is 10.5 Å². The van der Waals surface area contributed by atoms with Crippen molar-refractivity contribution in [2.75, 3.05) is 5.32 Å². The van der Waals surface area contributed by atoms with E-state index < -0.39 is 0 Å². The van der Waals surface area contributed by atoms with Crippen molar-refractivity contribution in [1.29, 1.82) is 0 Å². The molecule has 0 radical (unpaired) electrons. The van der Waals surface area contributed by atoms with Crippen molar-refractivity contribution in [1.82, 2.24) is 30.1 Å². The highest BCUT2D eigenvalue weighted by Crippen LogP contribution is 2.37. The number of rotatable bonds is 6.